The summed E-state index contributed by atoms with van der Waals surface area (Å²) in [5.74, 6) is -0.397. The standard InChI is InChI=1S/C48H77N5O11S/c1-31(2)37(28-32(3)46(59)60)52(11)45(58)41(47(4,5)6)51-43(56)40(49-9)48(7,8)35-16-18-36(19-17-35)64-25-24-62-21-20-61-22-23-63-26-27-65-38-29-39(54)53(44(38)57)30-33-12-14-34(15-13-33)42(55)50-10/h16-19,28,31,33-34,37-38,40-41,49H,12-15,20-27,29-30H2,1-11H3,(H,50,55)(H,51,56)(H,59,60)/b32-28+/t33?,34?,37-,38?,40-,41-/m1/s1. The molecule has 2 aliphatic rings. The molecule has 1 unspecified atom stereocenters. The van der Waals surface area contributed by atoms with Gasteiger partial charge in [0.2, 0.25) is 29.5 Å². The van der Waals surface area contributed by atoms with E-state index in [0.29, 0.717) is 64.3 Å². The smallest absolute Gasteiger partial charge is 0.331 e. The van der Waals surface area contributed by atoms with E-state index in [-0.39, 0.29) is 64.5 Å². The molecule has 0 aromatic heterocycles. The Morgan fingerprint density at radius 2 is 1.45 bits per heavy atom. The predicted molar refractivity (Wildman–Crippen MR) is 252 cm³/mol. The number of carboxylic acid groups (broad SMARTS) is 1. The highest BCUT2D eigenvalue weighted by Crippen LogP contribution is 2.33. The molecule has 366 valence electrons. The fourth-order valence-electron chi connectivity index (χ4n) is 8.32. The van der Waals surface area contributed by atoms with Crippen LogP contribution in [-0.2, 0) is 48.4 Å². The molecular weight excluding hydrogens is 855 g/mol. The molecule has 1 aliphatic heterocycles. The van der Waals surface area contributed by atoms with Gasteiger partial charge in [0.25, 0.3) is 0 Å². The van der Waals surface area contributed by atoms with Gasteiger partial charge in [-0.15, -0.1) is 11.8 Å². The zero-order chi connectivity index (χ0) is 48.5. The van der Waals surface area contributed by atoms with Gasteiger partial charge >= 0.3 is 5.97 Å². The lowest BCUT2D eigenvalue weighted by Gasteiger charge is -2.40. The van der Waals surface area contributed by atoms with Gasteiger partial charge < -0.3 is 44.9 Å². The number of aliphatic carboxylic acids is 1. The van der Waals surface area contributed by atoms with Crippen LogP contribution >= 0.6 is 11.8 Å². The lowest BCUT2D eigenvalue weighted by atomic mass is 9.76. The summed E-state index contributed by atoms with van der Waals surface area (Å²) in [6.45, 7) is 18.1. The van der Waals surface area contributed by atoms with E-state index in [1.165, 1.54) is 28.5 Å². The Labute approximate surface area is 391 Å². The van der Waals surface area contributed by atoms with E-state index in [2.05, 4.69) is 16.0 Å². The topological polar surface area (TPSA) is 202 Å². The van der Waals surface area contributed by atoms with Crippen LogP contribution in [0.4, 0.5) is 0 Å². The zero-order valence-electron chi connectivity index (χ0n) is 40.7. The Morgan fingerprint density at radius 1 is 0.877 bits per heavy atom. The first-order chi connectivity index (χ1) is 30.6. The minimum absolute atomic E-state index is 0.0229. The Hall–Kier alpha value is -4.03. The third kappa shape index (κ3) is 16.7. The highest BCUT2D eigenvalue weighted by atomic mass is 32.2. The van der Waals surface area contributed by atoms with Gasteiger partial charge in [-0.05, 0) is 74.6 Å². The number of likely N-dealkylation sites (N-methyl/N-ethyl adjacent to an activating group) is 2. The second-order valence-corrected chi connectivity index (χ2v) is 20.3. The number of nitrogens with one attached hydrogen (secondary N) is 3. The number of benzene rings is 1. The fourth-order valence-corrected chi connectivity index (χ4v) is 9.35. The van der Waals surface area contributed by atoms with Gasteiger partial charge in [0.15, 0.2) is 0 Å². The molecule has 5 amide bonds. The average Bonchev–Trinajstić information content (AvgIpc) is 3.52. The number of imide groups is 1. The first kappa shape index (κ1) is 55.3. The maximum atomic E-state index is 14.0. The minimum Gasteiger partial charge on any atom is -0.491 e. The fraction of sp³-hybridized carbons (Fsp3) is 0.708. The van der Waals surface area contributed by atoms with Crippen molar-refractivity contribution in [3.05, 3.63) is 41.5 Å². The number of nitrogens with zero attached hydrogens (tertiary/aromatic N) is 2. The quantitative estimate of drug-likeness (QED) is 0.0549. The Balaban J connectivity index is 1.33. The summed E-state index contributed by atoms with van der Waals surface area (Å²) in [5, 5.41) is 18.0. The van der Waals surface area contributed by atoms with Crippen molar-refractivity contribution >= 4 is 47.3 Å². The van der Waals surface area contributed by atoms with Crippen LogP contribution in [0.15, 0.2) is 35.9 Å². The number of thioether (sulfide) groups is 1. The van der Waals surface area contributed by atoms with Crippen LogP contribution in [-0.4, -0.2) is 153 Å². The summed E-state index contributed by atoms with van der Waals surface area (Å²) >= 11 is 1.45. The number of likely N-dealkylation sites (tertiary alicyclic amines) is 1. The van der Waals surface area contributed by atoms with E-state index in [9.17, 15) is 33.9 Å². The predicted octanol–water partition coefficient (Wildman–Crippen LogP) is 4.44. The van der Waals surface area contributed by atoms with E-state index in [1.54, 1.807) is 27.2 Å². The first-order valence-electron chi connectivity index (χ1n) is 22.9. The van der Waals surface area contributed by atoms with Gasteiger partial charge in [0.1, 0.15) is 18.4 Å². The van der Waals surface area contributed by atoms with Crippen LogP contribution in [0.5, 0.6) is 5.75 Å². The van der Waals surface area contributed by atoms with Gasteiger partial charge in [-0.1, -0.05) is 66.7 Å². The molecule has 0 spiro atoms. The number of rotatable bonds is 27. The molecule has 4 atom stereocenters. The number of hydrogen-bond acceptors (Lipinski definition) is 12. The van der Waals surface area contributed by atoms with Crippen LogP contribution in [0.2, 0.25) is 0 Å². The molecular formula is C48H77N5O11S. The van der Waals surface area contributed by atoms with Crippen molar-refractivity contribution in [3.63, 3.8) is 0 Å². The summed E-state index contributed by atoms with van der Waals surface area (Å²) in [6.07, 6.45) is 5.06. The van der Waals surface area contributed by atoms with Crippen molar-refractivity contribution in [2.45, 2.75) is 116 Å². The lowest BCUT2D eigenvalue weighted by molar-refractivity contribution is -0.141. The Morgan fingerprint density at radius 3 is 1.97 bits per heavy atom. The minimum atomic E-state index is -1.05. The molecule has 1 aliphatic carbocycles. The molecule has 4 N–H and O–H groups in total. The van der Waals surface area contributed by atoms with Crippen molar-refractivity contribution in [1.29, 1.82) is 0 Å². The molecule has 1 heterocycles. The molecule has 17 heteroatoms. The van der Waals surface area contributed by atoms with Crippen LogP contribution in [0, 0.1) is 23.2 Å². The molecule has 1 aromatic rings. The van der Waals surface area contributed by atoms with Gasteiger partial charge in [-0.3, -0.25) is 28.9 Å². The Bertz CT molecular complexity index is 1760. The number of hydrogen-bond donors (Lipinski definition) is 4. The number of amides is 5. The van der Waals surface area contributed by atoms with Crippen LogP contribution in [0.25, 0.3) is 0 Å². The van der Waals surface area contributed by atoms with Crippen molar-refractivity contribution < 1.29 is 52.8 Å². The van der Waals surface area contributed by atoms with Gasteiger partial charge in [-0.25, -0.2) is 4.79 Å². The van der Waals surface area contributed by atoms with E-state index >= 15 is 0 Å². The molecule has 65 heavy (non-hydrogen) atoms. The molecule has 0 radical (unpaired) electrons. The molecule has 2 fully saturated rings. The summed E-state index contributed by atoms with van der Waals surface area (Å²) in [6, 6.07) is 5.47. The normalized spacial score (nSPS) is 19.8. The van der Waals surface area contributed by atoms with Crippen LogP contribution in [0.1, 0.15) is 93.1 Å². The second-order valence-electron chi connectivity index (χ2n) is 19.0. The lowest BCUT2D eigenvalue weighted by Crippen LogP contribution is -2.61. The first-order valence-corrected chi connectivity index (χ1v) is 24.0. The monoisotopic (exact) mass is 932 g/mol. The van der Waals surface area contributed by atoms with E-state index < -0.39 is 34.9 Å². The molecule has 1 saturated carbocycles. The van der Waals surface area contributed by atoms with Crippen molar-refractivity contribution in [3.8, 4) is 5.75 Å². The Kier molecular flexibility index (Phi) is 22.4. The summed E-state index contributed by atoms with van der Waals surface area (Å²) < 4.78 is 22.8. The van der Waals surface area contributed by atoms with Crippen molar-refractivity contribution in [2.24, 2.45) is 23.2 Å². The SMILES string of the molecule is CNC(=O)C1CCC(CN2C(=O)CC(SCCOCCOCCOCCOc3ccc(C(C)(C)[C@H](NC)C(=O)N[C@H](C(=O)N(C)[C@H](/C=C(\C)C(=O)O)C(C)C)C(C)(C)C)cc3)C2=O)CC1. The molecule has 16 nitrogen and oxygen atoms in total. The summed E-state index contributed by atoms with van der Waals surface area (Å²) in [4.78, 5) is 79.9. The van der Waals surface area contributed by atoms with Gasteiger partial charge in [0, 0.05) is 49.7 Å². The van der Waals surface area contributed by atoms with Crippen molar-refractivity contribution in [1.82, 2.24) is 25.8 Å². The highest BCUT2D eigenvalue weighted by molar-refractivity contribution is 8.00. The van der Waals surface area contributed by atoms with E-state index in [0.717, 1.165) is 31.2 Å². The highest BCUT2D eigenvalue weighted by Gasteiger charge is 2.43. The van der Waals surface area contributed by atoms with Crippen LogP contribution in [0.3, 0.4) is 0 Å². The third-order valence-corrected chi connectivity index (χ3v) is 13.6. The maximum absolute atomic E-state index is 14.0. The largest absolute Gasteiger partial charge is 0.491 e. The molecule has 3 rings (SSSR count). The number of carboxylic acids is 1. The second kappa shape index (κ2) is 26.3. The number of ether oxygens (including phenoxy) is 4. The van der Waals surface area contributed by atoms with E-state index in [4.69, 9.17) is 18.9 Å². The maximum Gasteiger partial charge on any atom is 0.331 e. The number of carbonyl (C=O) groups is 6. The van der Waals surface area contributed by atoms with Crippen LogP contribution < -0.4 is 20.7 Å². The molecule has 0 bridgehead atoms. The van der Waals surface area contributed by atoms with Gasteiger partial charge in [-0.2, -0.15) is 0 Å². The average molecular weight is 932 g/mol. The third-order valence-electron chi connectivity index (χ3n) is 12.4. The number of carbonyl (C=O) groups excluding carboxylic acids is 5. The summed E-state index contributed by atoms with van der Waals surface area (Å²) in [5.41, 5.74) is -0.306. The van der Waals surface area contributed by atoms with Gasteiger partial charge in [0.05, 0.1) is 57.0 Å². The van der Waals surface area contributed by atoms with Crippen molar-refractivity contribution in [2.75, 3.05) is 79.7 Å². The zero-order valence-corrected chi connectivity index (χ0v) is 41.5. The van der Waals surface area contributed by atoms with E-state index in [1.807, 2.05) is 72.7 Å². The summed E-state index contributed by atoms with van der Waals surface area (Å²) in [7, 11) is 5.01. The molecule has 1 saturated heterocycles. The molecule has 1 aromatic carbocycles.